The Kier molecular flexibility index (Phi) is 5.96. The Balaban J connectivity index is 2.05. The summed E-state index contributed by atoms with van der Waals surface area (Å²) in [5.74, 6) is 0.240. The minimum atomic E-state index is -4.75. The van der Waals surface area contributed by atoms with Gasteiger partial charge in [-0.05, 0) is 30.3 Å². The van der Waals surface area contributed by atoms with Gasteiger partial charge < -0.3 is 14.8 Å². The summed E-state index contributed by atoms with van der Waals surface area (Å²) in [4.78, 5) is 3.15. The van der Waals surface area contributed by atoms with Crippen LogP contribution in [-0.4, -0.2) is 44.6 Å². The molecule has 1 aliphatic heterocycles. The Hall–Kier alpha value is -1.48. The maximum Gasteiger partial charge on any atom is 0.573 e. The molecule has 1 fully saturated rings. The van der Waals surface area contributed by atoms with Gasteiger partial charge in [-0.1, -0.05) is 11.6 Å². The summed E-state index contributed by atoms with van der Waals surface area (Å²) >= 11 is 7.51. The van der Waals surface area contributed by atoms with Crippen LogP contribution in [0.1, 0.15) is 16.5 Å². The van der Waals surface area contributed by atoms with E-state index >= 15 is 0 Å². The molecule has 26 heavy (non-hydrogen) atoms. The third-order valence-electron chi connectivity index (χ3n) is 4.11. The largest absolute Gasteiger partial charge is 0.573 e. The maximum atomic E-state index is 12.6. The van der Waals surface area contributed by atoms with Crippen LogP contribution in [0.4, 0.5) is 13.2 Å². The number of thiophene rings is 1. The van der Waals surface area contributed by atoms with Gasteiger partial charge >= 0.3 is 6.36 Å². The molecule has 9 heteroatoms. The van der Waals surface area contributed by atoms with Gasteiger partial charge in [-0.2, -0.15) is 0 Å². The molecule has 1 aliphatic rings. The molecule has 3 rings (SSSR count). The average Bonchev–Trinajstić information content (AvgIpc) is 3.01. The Morgan fingerprint density at radius 3 is 2.50 bits per heavy atom. The monoisotopic (exact) mass is 406 g/mol. The molecule has 2 heterocycles. The molecule has 4 nitrogen and oxygen atoms in total. The number of hydrogen-bond donors (Lipinski definition) is 1. The SMILES string of the molecule is COc1ccc(OC(F)(F)F)cc1[C@H](c1ccc(Cl)s1)N1CCNCC1. The number of methoxy groups -OCH3 is 1. The first-order valence-corrected chi connectivity index (χ1v) is 9.20. The van der Waals surface area contributed by atoms with Gasteiger partial charge in [0.2, 0.25) is 0 Å². The molecule has 0 unspecified atom stereocenters. The molecule has 0 aliphatic carbocycles. The zero-order chi connectivity index (χ0) is 18.7. The lowest BCUT2D eigenvalue weighted by atomic mass is 10.0. The van der Waals surface area contributed by atoms with Crippen molar-refractivity contribution in [2.45, 2.75) is 12.4 Å². The zero-order valence-corrected chi connectivity index (χ0v) is 15.5. The van der Waals surface area contributed by atoms with Gasteiger partial charge in [0, 0.05) is 36.6 Å². The summed E-state index contributed by atoms with van der Waals surface area (Å²) in [5, 5.41) is 3.28. The number of ether oxygens (including phenoxy) is 2. The Morgan fingerprint density at radius 2 is 1.92 bits per heavy atom. The lowest BCUT2D eigenvalue weighted by Gasteiger charge is -2.35. The predicted octanol–water partition coefficient (Wildman–Crippen LogP) is 4.30. The summed E-state index contributed by atoms with van der Waals surface area (Å²) in [7, 11) is 1.50. The lowest BCUT2D eigenvalue weighted by Crippen LogP contribution is -2.45. The standard InChI is InChI=1S/C17H18ClF3N2O2S/c1-24-13-3-2-11(25-17(19,20)21)10-12(13)16(14-4-5-15(18)26-14)23-8-6-22-7-9-23/h2-5,10,16,22H,6-9H2,1H3/t16-/m1/s1. The number of piperazine rings is 1. The fourth-order valence-electron chi connectivity index (χ4n) is 3.07. The minimum Gasteiger partial charge on any atom is -0.496 e. The van der Waals surface area contributed by atoms with E-state index < -0.39 is 6.36 Å². The fourth-order valence-corrected chi connectivity index (χ4v) is 4.28. The van der Waals surface area contributed by atoms with Gasteiger partial charge in [-0.25, -0.2) is 0 Å². The van der Waals surface area contributed by atoms with Gasteiger partial charge in [0.25, 0.3) is 0 Å². The van der Waals surface area contributed by atoms with Crippen LogP contribution in [0.2, 0.25) is 4.34 Å². The second kappa shape index (κ2) is 8.04. The highest BCUT2D eigenvalue weighted by Gasteiger charge is 2.33. The molecule has 1 saturated heterocycles. The first kappa shape index (κ1) is 19.3. The van der Waals surface area contributed by atoms with Crippen molar-refractivity contribution in [3.8, 4) is 11.5 Å². The molecule has 0 saturated carbocycles. The van der Waals surface area contributed by atoms with Crippen molar-refractivity contribution in [1.29, 1.82) is 0 Å². The van der Waals surface area contributed by atoms with Crippen molar-refractivity contribution in [1.82, 2.24) is 10.2 Å². The van der Waals surface area contributed by atoms with Crippen LogP contribution in [0.15, 0.2) is 30.3 Å². The Labute approximate surface area is 158 Å². The van der Waals surface area contributed by atoms with E-state index in [0.29, 0.717) is 15.6 Å². The maximum absolute atomic E-state index is 12.6. The number of alkyl halides is 3. The Bertz CT molecular complexity index is 748. The van der Waals surface area contributed by atoms with Crippen LogP contribution in [0.3, 0.4) is 0 Å². The van der Waals surface area contributed by atoms with E-state index in [9.17, 15) is 13.2 Å². The number of nitrogens with one attached hydrogen (secondary N) is 1. The number of halogens is 4. The summed E-state index contributed by atoms with van der Waals surface area (Å²) in [6.07, 6.45) is -4.75. The molecule has 0 amide bonds. The van der Waals surface area contributed by atoms with Gasteiger partial charge in [-0.3, -0.25) is 4.90 Å². The molecule has 1 atom stereocenters. The van der Waals surface area contributed by atoms with Crippen LogP contribution >= 0.6 is 22.9 Å². The minimum absolute atomic E-state index is 0.263. The molecule has 0 bridgehead atoms. The zero-order valence-electron chi connectivity index (χ0n) is 14.0. The van der Waals surface area contributed by atoms with Gasteiger partial charge in [-0.15, -0.1) is 24.5 Å². The van der Waals surface area contributed by atoms with Crippen molar-refractivity contribution >= 4 is 22.9 Å². The van der Waals surface area contributed by atoms with Gasteiger partial charge in [0.15, 0.2) is 0 Å². The van der Waals surface area contributed by atoms with E-state index in [-0.39, 0.29) is 11.8 Å². The molecule has 0 radical (unpaired) electrons. The predicted molar refractivity (Wildman–Crippen MR) is 95.3 cm³/mol. The van der Waals surface area contributed by atoms with Crippen LogP contribution in [0.5, 0.6) is 11.5 Å². The van der Waals surface area contributed by atoms with Crippen molar-refractivity contribution in [3.63, 3.8) is 0 Å². The summed E-state index contributed by atoms with van der Waals surface area (Å²) < 4.78 is 48.1. The van der Waals surface area contributed by atoms with E-state index in [1.165, 1.54) is 36.6 Å². The van der Waals surface area contributed by atoms with E-state index in [4.69, 9.17) is 16.3 Å². The van der Waals surface area contributed by atoms with Crippen LogP contribution in [-0.2, 0) is 0 Å². The van der Waals surface area contributed by atoms with E-state index in [1.807, 2.05) is 6.07 Å². The molecule has 2 aromatic rings. The highest BCUT2D eigenvalue weighted by Crippen LogP contribution is 2.41. The van der Waals surface area contributed by atoms with E-state index in [0.717, 1.165) is 31.1 Å². The van der Waals surface area contributed by atoms with Crippen LogP contribution in [0, 0.1) is 0 Å². The number of rotatable bonds is 5. The average molecular weight is 407 g/mol. The van der Waals surface area contributed by atoms with Gasteiger partial charge in [0.05, 0.1) is 17.5 Å². The van der Waals surface area contributed by atoms with Crippen LogP contribution < -0.4 is 14.8 Å². The number of benzene rings is 1. The molecular formula is C17H18ClF3N2O2S. The third-order valence-corrected chi connectivity index (χ3v) is 5.39. The molecule has 1 aromatic heterocycles. The third kappa shape index (κ3) is 4.62. The van der Waals surface area contributed by atoms with Crippen molar-refractivity contribution < 1.29 is 22.6 Å². The number of hydrogen-bond acceptors (Lipinski definition) is 5. The van der Waals surface area contributed by atoms with Crippen LogP contribution in [0.25, 0.3) is 0 Å². The smallest absolute Gasteiger partial charge is 0.496 e. The molecule has 0 spiro atoms. The number of nitrogens with zero attached hydrogens (tertiary/aromatic N) is 1. The first-order chi connectivity index (χ1) is 12.4. The second-order valence-electron chi connectivity index (χ2n) is 5.78. The van der Waals surface area contributed by atoms with Crippen molar-refractivity contribution in [3.05, 3.63) is 45.1 Å². The molecule has 1 aromatic carbocycles. The van der Waals surface area contributed by atoms with Crippen molar-refractivity contribution in [2.75, 3.05) is 33.3 Å². The fraction of sp³-hybridized carbons (Fsp3) is 0.412. The highest BCUT2D eigenvalue weighted by atomic mass is 35.5. The first-order valence-electron chi connectivity index (χ1n) is 8.01. The normalized spacial score (nSPS) is 17.1. The van der Waals surface area contributed by atoms with Gasteiger partial charge in [0.1, 0.15) is 11.5 Å². The Morgan fingerprint density at radius 1 is 1.19 bits per heavy atom. The summed E-state index contributed by atoms with van der Waals surface area (Å²) in [5.41, 5.74) is 0.620. The molecular weight excluding hydrogens is 389 g/mol. The lowest BCUT2D eigenvalue weighted by molar-refractivity contribution is -0.274. The van der Waals surface area contributed by atoms with E-state index in [2.05, 4.69) is 15.0 Å². The topological polar surface area (TPSA) is 33.7 Å². The molecule has 1 N–H and O–H groups in total. The van der Waals surface area contributed by atoms with Crippen molar-refractivity contribution in [2.24, 2.45) is 0 Å². The summed E-state index contributed by atoms with van der Waals surface area (Å²) in [6.45, 7) is 3.12. The molecule has 142 valence electrons. The second-order valence-corrected chi connectivity index (χ2v) is 7.53. The highest BCUT2D eigenvalue weighted by molar-refractivity contribution is 7.16. The van der Waals surface area contributed by atoms with E-state index in [1.54, 1.807) is 6.07 Å². The quantitative estimate of drug-likeness (QED) is 0.802. The summed E-state index contributed by atoms with van der Waals surface area (Å²) in [6, 6.07) is 7.58.